The van der Waals surface area contributed by atoms with E-state index in [-0.39, 0.29) is 41.3 Å². The Hall–Kier alpha value is -2.68. The van der Waals surface area contributed by atoms with Crippen molar-refractivity contribution >= 4 is 17.7 Å². The summed E-state index contributed by atoms with van der Waals surface area (Å²) in [5, 5.41) is 13.4. The molecule has 9 heteroatoms. The Morgan fingerprint density at radius 1 is 1.23 bits per heavy atom. The van der Waals surface area contributed by atoms with Gasteiger partial charge in [-0.15, -0.1) is 0 Å². The van der Waals surface area contributed by atoms with Gasteiger partial charge in [-0.05, 0) is 43.2 Å². The van der Waals surface area contributed by atoms with E-state index in [0.29, 0.717) is 6.61 Å². The van der Waals surface area contributed by atoms with Gasteiger partial charge in [0.05, 0.1) is 17.6 Å². The van der Waals surface area contributed by atoms with Crippen LogP contribution < -0.4 is 15.8 Å². The average molecular weight is 363 g/mol. The Labute approximate surface area is 150 Å². The predicted molar refractivity (Wildman–Crippen MR) is 90.5 cm³/mol. The summed E-state index contributed by atoms with van der Waals surface area (Å²) >= 11 is 0. The van der Waals surface area contributed by atoms with Gasteiger partial charge < -0.3 is 20.5 Å². The summed E-state index contributed by atoms with van der Waals surface area (Å²) in [7, 11) is 0. The van der Waals surface area contributed by atoms with Crippen molar-refractivity contribution < 1.29 is 24.0 Å². The van der Waals surface area contributed by atoms with Gasteiger partial charge in [-0.3, -0.25) is 14.9 Å². The molecule has 26 heavy (non-hydrogen) atoms. The van der Waals surface area contributed by atoms with Gasteiger partial charge in [-0.1, -0.05) is 0 Å². The molecule has 0 radical (unpaired) electrons. The molecule has 2 saturated carbocycles. The van der Waals surface area contributed by atoms with Crippen LogP contribution in [0.1, 0.15) is 32.1 Å². The number of nitrogens with zero attached hydrogens (tertiary/aromatic N) is 1. The van der Waals surface area contributed by atoms with E-state index in [0.717, 1.165) is 25.7 Å². The van der Waals surface area contributed by atoms with E-state index in [2.05, 4.69) is 5.32 Å². The van der Waals surface area contributed by atoms with Gasteiger partial charge in [-0.2, -0.15) is 0 Å². The molecule has 3 rings (SSSR count). The van der Waals surface area contributed by atoms with E-state index in [1.54, 1.807) is 0 Å². The summed E-state index contributed by atoms with van der Waals surface area (Å²) in [4.78, 5) is 32.6. The van der Waals surface area contributed by atoms with Crippen LogP contribution in [0.15, 0.2) is 24.3 Å². The quantitative estimate of drug-likeness (QED) is 0.561. The number of rotatable bonds is 7. The fraction of sp³-hybridized carbons (Fsp3) is 0.529. The molecular formula is C17H21N3O6. The maximum absolute atomic E-state index is 11.9. The monoisotopic (exact) mass is 363 g/mol. The van der Waals surface area contributed by atoms with E-state index in [1.165, 1.54) is 24.3 Å². The number of benzene rings is 1. The maximum atomic E-state index is 11.9. The zero-order chi connectivity index (χ0) is 18.7. The van der Waals surface area contributed by atoms with Crippen LogP contribution in [-0.4, -0.2) is 35.7 Å². The largest absolute Gasteiger partial charge is 0.412 e. The highest BCUT2D eigenvalue weighted by molar-refractivity contribution is 5.73. The van der Waals surface area contributed by atoms with Gasteiger partial charge in [0.2, 0.25) is 5.91 Å². The van der Waals surface area contributed by atoms with Gasteiger partial charge in [0.1, 0.15) is 5.75 Å². The molecule has 1 spiro atoms. The van der Waals surface area contributed by atoms with Gasteiger partial charge in [0.15, 0.2) is 0 Å². The molecule has 0 bridgehead atoms. The third-order valence-electron chi connectivity index (χ3n) is 4.96. The van der Waals surface area contributed by atoms with E-state index >= 15 is 0 Å². The Bertz CT molecular complexity index is 691. The lowest BCUT2D eigenvalue weighted by molar-refractivity contribution is -0.384. The molecule has 0 aromatic heterocycles. The van der Waals surface area contributed by atoms with E-state index in [4.69, 9.17) is 15.2 Å². The minimum absolute atomic E-state index is 0.0590. The number of hydrogen-bond donors (Lipinski definition) is 2. The first-order valence-electron chi connectivity index (χ1n) is 8.48. The highest BCUT2D eigenvalue weighted by Gasteiger charge is 2.53. The molecule has 9 nitrogen and oxygen atoms in total. The average Bonchev–Trinajstić information content (AvgIpc) is 2.50. The molecule has 1 aromatic carbocycles. The molecule has 2 aliphatic rings. The molecule has 2 amide bonds. The summed E-state index contributed by atoms with van der Waals surface area (Å²) in [6, 6.07) is 5.41. The number of nitrogens with two attached hydrogens (primary N) is 1. The number of hydrogen-bond acceptors (Lipinski definition) is 6. The predicted octanol–water partition coefficient (Wildman–Crippen LogP) is 1.89. The molecule has 0 aliphatic heterocycles. The number of primary amides is 1. The number of ether oxygens (including phenoxy) is 2. The summed E-state index contributed by atoms with van der Waals surface area (Å²) in [6.07, 6.45) is 3.45. The summed E-state index contributed by atoms with van der Waals surface area (Å²) in [5.74, 6) is -0.104. The highest BCUT2D eigenvalue weighted by Crippen LogP contribution is 2.56. The SMILES string of the molecule is NC(=O)CCOC1CC2(CC(NC(=O)Oc3ccc([N+](=O)[O-])cc3)C2)C1. The second-order valence-corrected chi connectivity index (χ2v) is 7.01. The molecule has 0 atom stereocenters. The Kier molecular flexibility index (Phi) is 5.08. The van der Waals surface area contributed by atoms with Crippen LogP contribution in [0.25, 0.3) is 0 Å². The van der Waals surface area contributed by atoms with Crippen molar-refractivity contribution in [2.45, 2.75) is 44.2 Å². The fourth-order valence-electron chi connectivity index (χ4n) is 3.71. The van der Waals surface area contributed by atoms with Gasteiger partial charge >= 0.3 is 6.09 Å². The lowest BCUT2D eigenvalue weighted by Gasteiger charge is -2.57. The molecule has 1 aromatic rings. The minimum atomic E-state index is -0.563. The molecule has 3 N–H and O–H groups in total. The Morgan fingerprint density at radius 2 is 1.88 bits per heavy atom. The standard InChI is InChI=1S/C17H21N3O6/c18-15(21)5-6-25-14-9-17(10-14)7-11(8-17)19-16(22)26-13-3-1-12(2-4-13)20(23)24/h1-4,11,14H,5-10H2,(H2,18,21)(H,19,22). The van der Waals surface area contributed by atoms with Crippen LogP contribution >= 0.6 is 0 Å². The molecule has 140 valence electrons. The molecular weight excluding hydrogens is 342 g/mol. The first-order valence-corrected chi connectivity index (χ1v) is 8.48. The van der Waals surface area contributed by atoms with E-state index < -0.39 is 11.0 Å². The van der Waals surface area contributed by atoms with Crippen LogP contribution in [0.3, 0.4) is 0 Å². The number of carbonyl (C=O) groups is 2. The molecule has 2 aliphatic carbocycles. The van der Waals surface area contributed by atoms with Crippen molar-refractivity contribution in [2.24, 2.45) is 11.1 Å². The number of carbonyl (C=O) groups excluding carboxylic acids is 2. The highest BCUT2D eigenvalue weighted by atomic mass is 16.6. The maximum Gasteiger partial charge on any atom is 0.412 e. The Morgan fingerprint density at radius 3 is 2.46 bits per heavy atom. The second-order valence-electron chi connectivity index (χ2n) is 7.01. The van der Waals surface area contributed by atoms with Crippen molar-refractivity contribution in [3.63, 3.8) is 0 Å². The van der Waals surface area contributed by atoms with Gasteiger partial charge in [0, 0.05) is 24.6 Å². The Balaban J connectivity index is 1.34. The van der Waals surface area contributed by atoms with E-state index in [9.17, 15) is 19.7 Å². The van der Waals surface area contributed by atoms with Crippen molar-refractivity contribution in [3.8, 4) is 5.75 Å². The van der Waals surface area contributed by atoms with Gasteiger partial charge in [-0.25, -0.2) is 4.79 Å². The van der Waals surface area contributed by atoms with Crippen molar-refractivity contribution in [1.82, 2.24) is 5.32 Å². The van der Waals surface area contributed by atoms with Crippen LogP contribution in [0.5, 0.6) is 5.75 Å². The lowest BCUT2D eigenvalue weighted by Crippen LogP contribution is -2.58. The van der Waals surface area contributed by atoms with Crippen LogP contribution in [-0.2, 0) is 9.53 Å². The zero-order valence-electron chi connectivity index (χ0n) is 14.2. The summed E-state index contributed by atoms with van der Waals surface area (Å²) in [6.45, 7) is 0.360. The molecule has 2 fully saturated rings. The van der Waals surface area contributed by atoms with Crippen LogP contribution in [0.4, 0.5) is 10.5 Å². The van der Waals surface area contributed by atoms with Gasteiger partial charge in [0.25, 0.3) is 5.69 Å². The molecule has 0 saturated heterocycles. The normalized spacial score (nSPS) is 26.5. The third kappa shape index (κ3) is 4.29. The summed E-state index contributed by atoms with van der Waals surface area (Å²) in [5.41, 5.74) is 5.23. The number of nitro groups is 1. The molecule has 0 heterocycles. The molecule has 0 unspecified atom stereocenters. The first kappa shape index (κ1) is 18.1. The zero-order valence-corrected chi connectivity index (χ0v) is 14.2. The number of non-ortho nitro benzene ring substituents is 1. The third-order valence-corrected chi connectivity index (χ3v) is 4.96. The lowest BCUT2D eigenvalue weighted by atomic mass is 9.53. The van der Waals surface area contributed by atoms with Crippen molar-refractivity contribution in [1.29, 1.82) is 0 Å². The minimum Gasteiger partial charge on any atom is -0.410 e. The van der Waals surface area contributed by atoms with Crippen LogP contribution in [0, 0.1) is 15.5 Å². The summed E-state index contributed by atoms with van der Waals surface area (Å²) < 4.78 is 10.7. The van der Waals surface area contributed by atoms with E-state index in [1.807, 2.05) is 0 Å². The van der Waals surface area contributed by atoms with Crippen molar-refractivity contribution in [3.05, 3.63) is 34.4 Å². The smallest absolute Gasteiger partial charge is 0.410 e. The number of nitrogens with one attached hydrogen (secondary N) is 1. The topological polar surface area (TPSA) is 134 Å². The number of nitro benzene ring substituents is 1. The number of amides is 2. The first-order chi connectivity index (χ1) is 12.3. The fourth-order valence-corrected chi connectivity index (χ4v) is 3.71. The van der Waals surface area contributed by atoms with Crippen LogP contribution in [0.2, 0.25) is 0 Å². The second kappa shape index (κ2) is 7.28. The van der Waals surface area contributed by atoms with Crippen molar-refractivity contribution in [2.75, 3.05) is 6.61 Å².